The number of hydrogen-bond acceptors (Lipinski definition) is 6. The van der Waals surface area contributed by atoms with E-state index in [4.69, 9.17) is 14.2 Å². The molecular formula is C58H100O6. The monoisotopic (exact) mass is 893 g/mol. The summed E-state index contributed by atoms with van der Waals surface area (Å²) < 4.78 is 16.8. The molecule has 0 saturated heterocycles. The van der Waals surface area contributed by atoms with E-state index in [2.05, 4.69) is 93.7 Å². The maximum absolute atomic E-state index is 12.8. The Morgan fingerprint density at radius 1 is 0.328 bits per heavy atom. The van der Waals surface area contributed by atoms with Crippen LogP contribution in [0, 0.1) is 0 Å². The number of carbonyl (C=O) groups excluding carboxylic acids is 3. The molecule has 1 atom stereocenters. The molecule has 1 unspecified atom stereocenters. The van der Waals surface area contributed by atoms with E-state index in [1.54, 1.807) is 0 Å². The van der Waals surface area contributed by atoms with Crippen LogP contribution in [-0.4, -0.2) is 37.2 Å². The van der Waals surface area contributed by atoms with E-state index in [0.29, 0.717) is 19.3 Å². The maximum atomic E-state index is 12.8. The second-order valence-corrected chi connectivity index (χ2v) is 17.7. The molecule has 6 heteroatoms. The van der Waals surface area contributed by atoms with Crippen LogP contribution in [0.15, 0.2) is 72.9 Å². The number of rotatable bonds is 48. The summed E-state index contributed by atoms with van der Waals surface area (Å²) >= 11 is 0. The number of unbranched alkanes of at least 4 members (excludes halogenated alkanes) is 25. The SMILES string of the molecule is CC/C=C\C/C=C\C/C=C\CCCCCCC(=O)OC(COC(=O)CCCCCCC/C=C\CCCCCCCCCCC)COC(=O)CCCCCCCCC/C=C\C/C=C\CC. The van der Waals surface area contributed by atoms with Gasteiger partial charge in [-0.25, -0.2) is 0 Å². The Balaban J connectivity index is 4.41. The van der Waals surface area contributed by atoms with Gasteiger partial charge in [0.1, 0.15) is 13.2 Å². The first-order valence-electron chi connectivity index (χ1n) is 26.9. The molecule has 6 nitrogen and oxygen atoms in total. The van der Waals surface area contributed by atoms with E-state index < -0.39 is 6.10 Å². The van der Waals surface area contributed by atoms with E-state index in [9.17, 15) is 14.4 Å². The number of allylic oxidation sites excluding steroid dienone is 12. The van der Waals surface area contributed by atoms with E-state index in [-0.39, 0.29) is 31.1 Å². The van der Waals surface area contributed by atoms with E-state index >= 15 is 0 Å². The minimum absolute atomic E-state index is 0.0914. The molecule has 0 radical (unpaired) electrons. The molecule has 0 aromatic carbocycles. The van der Waals surface area contributed by atoms with Crippen molar-refractivity contribution in [3.63, 3.8) is 0 Å². The van der Waals surface area contributed by atoms with Crippen molar-refractivity contribution in [2.75, 3.05) is 13.2 Å². The Kier molecular flexibility index (Phi) is 49.9. The molecule has 0 aromatic rings. The van der Waals surface area contributed by atoms with Crippen molar-refractivity contribution in [2.24, 2.45) is 0 Å². The van der Waals surface area contributed by atoms with Gasteiger partial charge in [-0.05, 0) is 103 Å². The molecular weight excluding hydrogens is 793 g/mol. The van der Waals surface area contributed by atoms with Gasteiger partial charge in [-0.15, -0.1) is 0 Å². The summed E-state index contributed by atoms with van der Waals surface area (Å²) in [5.74, 6) is -0.926. The highest BCUT2D eigenvalue weighted by molar-refractivity contribution is 5.71. The van der Waals surface area contributed by atoms with Gasteiger partial charge in [-0.3, -0.25) is 14.4 Å². The standard InChI is InChI=1S/C58H100O6/c1-4-7-10-13-16-19-22-25-28-29-30-31-34-36-39-42-45-48-51-57(60)63-54-55(64-58(61)52-49-46-43-40-37-33-27-24-21-18-15-12-9-6-3)53-62-56(59)50-47-44-41-38-35-32-26-23-20-17-14-11-8-5-2/h8-9,11-12,17-18,20-21,27,30-31,33,55H,4-7,10,13-16,19,22-26,28-29,32,34-54H2,1-3H3/b11-8-,12-9-,20-17-,21-18-,31-30-,33-27-. The third kappa shape index (κ3) is 49.9. The predicted molar refractivity (Wildman–Crippen MR) is 274 cm³/mol. The van der Waals surface area contributed by atoms with Gasteiger partial charge >= 0.3 is 17.9 Å². The summed E-state index contributed by atoms with van der Waals surface area (Å²) in [5, 5.41) is 0. The van der Waals surface area contributed by atoms with E-state index in [0.717, 1.165) is 116 Å². The van der Waals surface area contributed by atoms with Crippen LogP contribution in [0.25, 0.3) is 0 Å². The lowest BCUT2D eigenvalue weighted by Crippen LogP contribution is -2.30. The van der Waals surface area contributed by atoms with E-state index in [1.807, 2.05) is 0 Å². The van der Waals surface area contributed by atoms with Crippen molar-refractivity contribution in [1.82, 2.24) is 0 Å². The lowest BCUT2D eigenvalue weighted by molar-refractivity contribution is -0.167. The first kappa shape index (κ1) is 60.9. The average Bonchev–Trinajstić information content (AvgIpc) is 3.29. The number of ether oxygens (including phenoxy) is 3. The molecule has 368 valence electrons. The van der Waals surface area contributed by atoms with Crippen molar-refractivity contribution < 1.29 is 28.6 Å². The molecule has 0 bridgehead atoms. The van der Waals surface area contributed by atoms with Crippen molar-refractivity contribution in [2.45, 2.75) is 264 Å². The smallest absolute Gasteiger partial charge is 0.306 e. The summed E-state index contributed by atoms with van der Waals surface area (Å²) in [5.41, 5.74) is 0. The van der Waals surface area contributed by atoms with Crippen molar-refractivity contribution in [3.05, 3.63) is 72.9 Å². The van der Waals surface area contributed by atoms with Crippen LogP contribution in [0.3, 0.4) is 0 Å². The highest BCUT2D eigenvalue weighted by Crippen LogP contribution is 2.14. The highest BCUT2D eigenvalue weighted by Gasteiger charge is 2.19. The maximum Gasteiger partial charge on any atom is 0.306 e. The lowest BCUT2D eigenvalue weighted by atomic mass is 10.1. The fourth-order valence-corrected chi connectivity index (χ4v) is 7.43. The van der Waals surface area contributed by atoms with Gasteiger partial charge in [0.2, 0.25) is 0 Å². The second kappa shape index (κ2) is 52.5. The largest absolute Gasteiger partial charge is 0.462 e. The molecule has 0 aliphatic heterocycles. The van der Waals surface area contributed by atoms with E-state index in [1.165, 1.54) is 103 Å². The molecule has 0 rings (SSSR count). The van der Waals surface area contributed by atoms with Crippen LogP contribution in [0.5, 0.6) is 0 Å². The Morgan fingerprint density at radius 3 is 0.969 bits per heavy atom. The van der Waals surface area contributed by atoms with Crippen LogP contribution in [0.4, 0.5) is 0 Å². The summed E-state index contributed by atoms with van der Waals surface area (Å²) in [7, 11) is 0. The van der Waals surface area contributed by atoms with Crippen molar-refractivity contribution in [3.8, 4) is 0 Å². The fourth-order valence-electron chi connectivity index (χ4n) is 7.43. The first-order valence-corrected chi connectivity index (χ1v) is 26.9. The third-order valence-electron chi connectivity index (χ3n) is 11.4. The molecule has 0 aliphatic rings. The summed E-state index contributed by atoms with van der Waals surface area (Å²) in [6.45, 7) is 6.40. The van der Waals surface area contributed by atoms with Crippen molar-refractivity contribution in [1.29, 1.82) is 0 Å². The molecule has 0 aromatic heterocycles. The zero-order valence-electron chi connectivity index (χ0n) is 42.0. The molecule has 0 heterocycles. The summed E-state index contributed by atoms with van der Waals surface area (Å²) in [6, 6.07) is 0. The Hall–Kier alpha value is -3.15. The van der Waals surface area contributed by atoms with Gasteiger partial charge in [0.25, 0.3) is 0 Å². The zero-order valence-corrected chi connectivity index (χ0v) is 42.0. The molecule has 0 fully saturated rings. The molecule has 0 spiro atoms. The van der Waals surface area contributed by atoms with Crippen LogP contribution in [-0.2, 0) is 28.6 Å². The van der Waals surface area contributed by atoms with Crippen LogP contribution < -0.4 is 0 Å². The quantitative estimate of drug-likeness (QED) is 0.0262. The predicted octanol–water partition coefficient (Wildman–Crippen LogP) is 17.8. The van der Waals surface area contributed by atoms with Crippen molar-refractivity contribution >= 4 is 17.9 Å². The Morgan fingerprint density at radius 2 is 0.609 bits per heavy atom. The third-order valence-corrected chi connectivity index (χ3v) is 11.4. The van der Waals surface area contributed by atoms with Gasteiger partial charge < -0.3 is 14.2 Å². The fraction of sp³-hybridized carbons (Fsp3) is 0.741. The minimum Gasteiger partial charge on any atom is -0.462 e. The van der Waals surface area contributed by atoms with Gasteiger partial charge in [0.15, 0.2) is 6.10 Å². The van der Waals surface area contributed by atoms with Crippen LogP contribution in [0.1, 0.15) is 258 Å². The van der Waals surface area contributed by atoms with Gasteiger partial charge in [-0.1, -0.05) is 209 Å². The first-order chi connectivity index (χ1) is 31.5. The summed E-state index contributed by atoms with van der Waals surface area (Å²) in [6.07, 6.45) is 66.0. The Bertz CT molecular complexity index is 1210. The molecule has 0 N–H and O–H groups in total. The molecule has 0 saturated carbocycles. The number of hydrogen-bond donors (Lipinski definition) is 0. The lowest BCUT2D eigenvalue weighted by Gasteiger charge is -2.18. The van der Waals surface area contributed by atoms with Gasteiger partial charge in [0.05, 0.1) is 0 Å². The highest BCUT2D eigenvalue weighted by atomic mass is 16.6. The molecule has 64 heavy (non-hydrogen) atoms. The normalized spacial score (nSPS) is 12.6. The summed E-state index contributed by atoms with van der Waals surface area (Å²) in [4.78, 5) is 38.0. The Labute approximate surface area is 395 Å². The molecule has 0 amide bonds. The zero-order chi connectivity index (χ0) is 46.5. The topological polar surface area (TPSA) is 78.9 Å². The number of carbonyl (C=O) groups is 3. The second-order valence-electron chi connectivity index (χ2n) is 17.7. The van der Waals surface area contributed by atoms with Crippen LogP contribution >= 0.6 is 0 Å². The van der Waals surface area contributed by atoms with Gasteiger partial charge in [0, 0.05) is 19.3 Å². The number of esters is 3. The van der Waals surface area contributed by atoms with Gasteiger partial charge in [-0.2, -0.15) is 0 Å². The minimum atomic E-state index is -0.793. The molecule has 0 aliphatic carbocycles. The average molecular weight is 893 g/mol. The van der Waals surface area contributed by atoms with Crippen LogP contribution in [0.2, 0.25) is 0 Å².